The van der Waals surface area contributed by atoms with Crippen molar-refractivity contribution in [2.75, 3.05) is 19.7 Å². The summed E-state index contributed by atoms with van der Waals surface area (Å²) < 4.78 is 0. The molecule has 0 aromatic heterocycles. The number of nitrogens with zero attached hydrogens (tertiary/aromatic N) is 1. The monoisotopic (exact) mass is 255 g/mol. The maximum absolute atomic E-state index is 10.3. The van der Waals surface area contributed by atoms with Gasteiger partial charge in [-0.15, -0.1) is 0 Å². The van der Waals surface area contributed by atoms with Crippen LogP contribution in [0.4, 0.5) is 0 Å². The van der Waals surface area contributed by atoms with Crippen LogP contribution in [-0.2, 0) is 0 Å². The predicted molar refractivity (Wildman–Crippen MR) is 73.4 cm³/mol. The number of hydrogen-bond acceptors (Lipinski definition) is 3. The number of rotatable bonds is 4. The summed E-state index contributed by atoms with van der Waals surface area (Å²) in [6, 6.07) is 0.558. The maximum Gasteiger partial charge on any atom is 0.0583 e. The molecule has 0 spiro atoms. The summed E-state index contributed by atoms with van der Waals surface area (Å²) in [5.41, 5.74) is 0. The van der Waals surface area contributed by atoms with Crippen LogP contribution < -0.4 is 0 Å². The molecular weight excluding hydrogens is 226 g/mol. The Kier molecular flexibility index (Phi) is 5.46. The Hall–Kier alpha value is -0.120. The smallest absolute Gasteiger partial charge is 0.0583 e. The van der Waals surface area contributed by atoms with Gasteiger partial charge in [0, 0.05) is 25.1 Å². The van der Waals surface area contributed by atoms with E-state index in [4.69, 9.17) is 0 Å². The molecule has 1 saturated carbocycles. The standard InChI is InChI=1S/C15H29NO2/c1-12(11-17)10-16-9-5-4-7-14(16)13-6-2-3-8-15(13)18/h12-15,17-18H,2-11H2,1H3. The van der Waals surface area contributed by atoms with Crippen molar-refractivity contribution >= 4 is 0 Å². The molecule has 106 valence electrons. The molecule has 2 aliphatic rings. The van der Waals surface area contributed by atoms with Crippen LogP contribution in [0.2, 0.25) is 0 Å². The van der Waals surface area contributed by atoms with E-state index < -0.39 is 0 Å². The van der Waals surface area contributed by atoms with Crippen molar-refractivity contribution in [1.82, 2.24) is 4.90 Å². The van der Waals surface area contributed by atoms with Gasteiger partial charge in [0.25, 0.3) is 0 Å². The van der Waals surface area contributed by atoms with Gasteiger partial charge in [0.1, 0.15) is 0 Å². The predicted octanol–water partition coefficient (Wildman–Crippen LogP) is 2.02. The number of likely N-dealkylation sites (tertiary alicyclic amines) is 1. The van der Waals surface area contributed by atoms with Gasteiger partial charge in [-0.25, -0.2) is 0 Å². The summed E-state index contributed by atoms with van der Waals surface area (Å²) in [6.45, 7) is 4.53. The summed E-state index contributed by atoms with van der Waals surface area (Å²) in [6.07, 6.45) is 8.38. The first-order valence-corrected chi connectivity index (χ1v) is 7.75. The van der Waals surface area contributed by atoms with E-state index >= 15 is 0 Å². The van der Waals surface area contributed by atoms with Crippen molar-refractivity contribution in [3.8, 4) is 0 Å². The number of hydrogen-bond donors (Lipinski definition) is 2. The van der Waals surface area contributed by atoms with Gasteiger partial charge in [0.05, 0.1) is 6.10 Å². The Balaban J connectivity index is 1.97. The molecule has 0 aromatic carbocycles. The van der Waals surface area contributed by atoms with E-state index in [0.717, 1.165) is 19.5 Å². The molecule has 0 bridgehead atoms. The highest BCUT2D eigenvalue weighted by molar-refractivity contribution is 4.89. The Labute approximate surface area is 111 Å². The van der Waals surface area contributed by atoms with Crippen molar-refractivity contribution < 1.29 is 10.2 Å². The molecule has 1 heterocycles. The second kappa shape index (κ2) is 6.88. The summed E-state index contributed by atoms with van der Waals surface area (Å²) in [5, 5.41) is 19.5. The third kappa shape index (κ3) is 3.46. The Morgan fingerprint density at radius 2 is 1.83 bits per heavy atom. The van der Waals surface area contributed by atoms with Crippen LogP contribution in [-0.4, -0.2) is 47.0 Å². The number of aliphatic hydroxyl groups excluding tert-OH is 2. The van der Waals surface area contributed by atoms with Crippen molar-refractivity contribution in [1.29, 1.82) is 0 Å². The normalized spacial score (nSPS) is 36.5. The zero-order valence-corrected chi connectivity index (χ0v) is 11.7. The average molecular weight is 255 g/mol. The molecule has 1 saturated heterocycles. The van der Waals surface area contributed by atoms with Gasteiger partial charge >= 0.3 is 0 Å². The number of piperidine rings is 1. The quantitative estimate of drug-likeness (QED) is 0.808. The number of aliphatic hydroxyl groups is 2. The molecule has 18 heavy (non-hydrogen) atoms. The van der Waals surface area contributed by atoms with Crippen molar-refractivity contribution in [2.45, 2.75) is 64.0 Å². The van der Waals surface area contributed by atoms with E-state index in [0.29, 0.717) is 17.9 Å². The third-order valence-electron chi connectivity index (χ3n) is 4.80. The van der Waals surface area contributed by atoms with E-state index in [1.54, 1.807) is 0 Å². The Morgan fingerprint density at radius 3 is 2.56 bits per heavy atom. The Morgan fingerprint density at radius 1 is 1.11 bits per heavy atom. The van der Waals surface area contributed by atoms with Crippen LogP contribution >= 0.6 is 0 Å². The lowest BCUT2D eigenvalue weighted by atomic mass is 9.78. The van der Waals surface area contributed by atoms with Crippen LogP contribution in [0.1, 0.15) is 51.9 Å². The van der Waals surface area contributed by atoms with E-state index in [9.17, 15) is 10.2 Å². The van der Waals surface area contributed by atoms with Gasteiger partial charge in [-0.1, -0.05) is 26.2 Å². The highest BCUT2D eigenvalue weighted by atomic mass is 16.3. The van der Waals surface area contributed by atoms with Crippen LogP contribution in [0.25, 0.3) is 0 Å². The lowest BCUT2D eigenvalue weighted by molar-refractivity contribution is -0.0125. The second-order valence-electron chi connectivity index (χ2n) is 6.36. The highest BCUT2D eigenvalue weighted by Crippen LogP contribution is 2.34. The van der Waals surface area contributed by atoms with Gasteiger partial charge < -0.3 is 10.2 Å². The zero-order chi connectivity index (χ0) is 13.0. The van der Waals surface area contributed by atoms with Gasteiger partial charge in [-0.05, 0) is 38.1 Å². The van der Waals surface area contributed by atoms with E-state index in [1.807, 2.05) is 0 Å². The minimum absolute atomic E-state index is 0.0891. The maximum atomic E-state index is 10.3. The molecule has 3 heteroatoms. The average Bonchev–Trinajstić information content (AvgIpc) is 2.40. The van der Waals surface area contributed by atoms with Crippen LogP contribution in [0.3, 0.4) is 0 Å². The van der Waals surface area contributed by atoms with Crippen LogP contribution in [0, 0.1) is 11.8 Å². The Bertz CT molecular complexity index is 247. The third-order valence-corrected chi connectivity index (χ3v) is 4.80. The summed E-state index contributed by atoms with van der Waals surface area (Å²) in [7, 11) is 0. The molecule has 0 amide bonds. The van der Waals surface area contributed by atoms with Crippen LogP contribution in [0.15, 0.2) is 0 Å². The molecule has 0 aromatic rings. The first-order chi connectivity index (χ1) is 8.72. The fraction of sp³-hybridized carbons (Fsp3) is 1.00. The molecule has 3 nitrogen and oxygen atoms in total. The molecule has 4 unspecified atom stereocenters. The molecule has 1 aliphatic carbocycles. The lowest BCUT2D eigenvalue weighted by Crippen LogP contribution is -2.50. The van der Waals surface area contributed by atoms with Crippen molar-refractivity contribution in [3.05, 3.63) is 0 Å². The fourth-order valence-electron chi connectivity index (χ4n) is 3.78. The van der Waals surface area contributed by atoms with Gasteiger partial charge in [0.15, 0.2) is 0 Å². The molecule has 2 rings (SSSR count). The van der Waals surface area contributed by atoms with E-state index in [-0.39, 0.29) is 12.7 Å². The fourth-order valence-corrected chi connectivity index (χ4v) is 3.78. The largest absolute Gasteiger partial charge is 0.396 e. The summed E-state index contributed by atoms with van der Waals surface area (Å²) in [4.78, 5) is 2.55. The lowest BCUT2D eigenvalue weighted by Gasteiger charge is -2.44. The van der Waals surface area contributed by atoms with Crippen molar-refractivity contribution in [3.63, 3.8) is 0 Å². The van der Waals surface area contributed by atoms with Gasteiger partial charge in [0.2, 0.25) is 0 Å². The second-order valence-corrected chi connectivity index (χ2v) is 6.36. The van der Waals surface area contributed by atoms with Crippen molar-refractivity contribution in [2.24, 2.45) is 11.8 Å². The SMILES string of the molecule is CC(CO)CN1CCCCC1C1CCCCC1O. The zero-order valence-electron chi connectivity index (χ0n) is 11.7. The topological polar surface area (TPSA) is 43.7 Å². The minimum atomic E-state index is -0.0891. The molecule has 0 radical (unpaired) electrons. The van der Waals surface area contributed by atoms with E-state index in [1.165, 1.54) is 38.5 Å². The molecule has 4 atom stereocenters. The van der Waals surface area contributed by atoms with Gasteiger partial charge in [-0.3, -0.25) is 4.90 Å². The highest BCUT2D eigenvalue weighted by Gasteiger charge is 2.35. The van der Waals surface area contributed by atoms with E-state index in [2.05, 4.69) is 11.8 Å². The summed E-state index contributed by atoms with van der Waals surface area (Å²) in [5.74, 6) is 0.830. The van der Waals surface area contributed by atoms with Gasteiger partial charge in [-0.2, -0.15) is 0 Å². The minimum Gasteiger partial charge on any atom is -0.396 e. The first-order valence-electron chi connectivity index (χ1n) is 7.75. The molecular formula is C15H29NO2. The molecule has 2 fully saturated rings. The molecule has 2 N–H and O–H groups in total. The first kappa shape index (κ1) is 14.3. The molecule has 1 aliphatic heterocycles. The van der Waals surface area contributed by atoms with Crippen LogP contribution in [0.5, 0.6) is 0 Å². The summed E-state index contributed by atoms with van der Waals surface area (Å²) >= 11 is 0.